The summed E-state index contributed by atoms with van der Waals surface area (Å²) in [7, 11) is 1.61. The molecular weight excluding hydrogens is 353 g/mol. The maximum atomic E-state index is 12.1. The van der Waals surface area contributed by atoms with Crippen LogP contribution in [0.4, 0.5) is 5.69 Å². The maximum absolute atomic E-state index is 12.1. The van der Waals surface area contributed by atoms with Crippen LogP contribution < -0.4 is 10.1 Å². The summed E-state index contributed by atoms with van der Waals surface area (Å²) in [6.07, 6.45) is 0. The standard InChI is InChI=1S/C15H14INO2/c1-10-3-6-12(7-4-10)17-15(18)11-5-8-14(19-2)13(16)9-11/h3-9H,1-2H3,(H,17,18). The number of hydrogen-bond donors (Lipinski definition) is 1. The predicted octanol–water partition coefficient (Wildman–Crippen LogP) is 3.86. The third-order valence-electron chi connectivity index (χ3n) is 2.72. The molecule has 0 saturated heterocycles. The second-order valence-electron chi connectivity index (χ2n) is 4.17. The van der Waals surface area contributed by atoms with Gasteiger partial charge in [-0.3, -0.25) is 4.79 Å². The molecule has 0 fully saturated rings. The van der Waals surface area contributed by atoms with Crippen molar-refractivity contribution in [2.24, 2.45) is 0 Å². The second kappa shape index (κ2) is 6.06. The first-order chi connectivity index (χ1) is 9.10. The Morgan fingerprint density at radius 3 is 2.42 bits per heavy atom. The zero-order valence-corrected chi connectivity index (χ0v) is 12.9. The van der Waals surface area contributed by atoms with Gasteiger partial charge in [0.05, 0.1) is 10.7 Å². The van der Waals surface area contributed by atoms with E-state index in [-0.39, 0.29) is 5.91 Å². The highest BCUT2D eigenvalue weighted by Crippen LogP contribution is 2.22. The van der Waals surface area contributed by atoms with E-state index >= 15 is 0 Å². The lowest BCUT2D eigenvalue weighted by molar-refractivity contribution is 0.102. The number of methoxy groups -OCH3 is 1. The molecule has 1 N–H and O–H groups in total. The van der Waals surface area contributed by atoms with E-state index in [0.717, 1.165) is 20.6 Å². The van der Waals surface area contributed by atoms with Crippen molar-refractivity contribution in [3.05, 3.63) is 57.2 Å². The van der Waals surface area contributed by atoms with Crippen LogP contribution in [0.2, 0.25) is 0 Å². The molecule has 0 aromatic heterocycles. The first-order valence-electron chi connectivity index (χ1n) is 5.81. The molecule has 0 radical (unpaired) electrons. The van der Waals surface area contributed by atoms with Gasteiger partial charge in [-0.15, -0.1) is 0 Å². The van der Waals surface area contributed by atoms with Crippen molar-refractivity contribution in [3.63, 3.8) is 0 Å². The SMILES string of the molecule is COc1ccc(C(=O)Nc2ccc(C)cc2)cc1I. The molecule has 0 aliphatic rings. The Morgan fingerprint density at radius 2 is 1.84 bits per heavy atom. The predicted molar refractivity (Wildman–Crippen MR) is 84.8 cm³/mol. The molecule has 3 nitrogen and oxygen atoms in total. The number of carbonyl (C=O) groups excluding carboxylic acids is 1. The number of amides is 1. The van der Waals surface area contributed by atoms with Crippen LogP contribution in [-0.2, 0) is 0 Å². The first kappa shape index (κ1) is 13.9. The van der Waals surface area contributed by atoms with Gasteiger partial charge in [0.25, 0.3) is 5.91 Å². The van der Waals surface area contributed by atoms with Gasteiger partial charge < -0.3 is 10.1 Å². The molecule has 2 aromatic carbocycles. The van der Waals surface area contributed by atoms with Crippen LogP contribution in [0.15, 0.2) is 42.5 Å². The van der Waals surface area contributed by atoms with Gasteiger partial charge in [-0.2, -0.15) is 0 Å². The van der Waals surface area contributed by atoms with Crippen molar-refractivity contribution in [2.45, 2.75) is 6.92 Å². The van der Waals surface area contributed by atoms with Crippen LogP contribution in [0.3, 0.4) is 0 Å². The highest BCUT2D eigenvalue weighted by molar-refractivity contribution is 14.1. The highest BCUT2D eigenvalue weighted by atomic mass is 127. The van der Waals surface area contributed by atoms with Crippen molar-refractivity contribution >= 4 is 34.2 Å². The van der Waals surface area contributed by atoms with E-state index in [9.17, 15) is 4.79 Å². The number of ether oxygens (including phenoxy) is 1. The molecule has 19 heavy (non-hydrogen) atoms. The second-order valence-corrected chi connectivity index (χ2v) is 5.33. The smallest absolute Gasteiger partial charge is 0.255 e. The lowest BCUT2D eigenvalue weighted by Crippen LogP contribution is -2.12. The van der Waals surface area contributed by atoms with Gasteiger partial charge in [0, 0.05) is 11.3 Å². The average molecular weight is 367 g/mol. The third kappa shape index (κ3) is 3.47. The number of aryl methyl sites for hydroxylation is 1. The van der Waals surface area contributed by atoms with Crippen LogP contribution >= 0.6 is 22.6 Å². The number of benzene rings is 2. The van der Waals surface area contributed by atoms with E-state index in [1.54, 1.807) is 19.2 Å². The minimum atomic E-state index is -0.121. The summed E-state index contributed by atoms with van der Waals surface area (Å²) in [6.45, 7) is 2.01. The van der Waals surface area contributed by atoms with Crippen LogP contribution in [0.25, 0.3) is 0 Å². The number of nitrogens with one attached hydrogen (secondary N) is 1. The molecule has 0 bridgehead atoms. The molecule has 0 atom stereocenters. The fourth-order valence-electron chi connectivity index (χ4n) is 1.65. The van der Waals surface area contributed by atoms with Crippen LogP contribution in [0, 0.1) is 10.5 Å². The fourth-order valence-corrected chi connectivity index (χ4v) is 2.38. The molecule has 4 heteroatoms. The topological polar surface area (TPSA) is 38.3 Å². The van der Waals surface area contributed by atoms with Crippen molar-refractivity contribution < 1.29 is 9.53 Å². The Balaban J connectivity index is 2.16. The molecular formula is C15H14INO2. The average Bonchev–Trinajstić information content (AvgIpc) is 2.41. The van der Waals surface area contributed by atoms with E-state index in [1.165, 1.54) is 0 Å². The van der Waals surface area contributed by atoms with Crippen LogP contribution in [0.5, 0.6) is 5.75 Å². The van der Waals surface area contributed by atoms with Crippen molar-refractivity contribution in [1.29, 1.82) is 0 Å². The summed E-state index contributed by atoms with van der Waals surface area (Å²) < 4.78 is 6.09. The summed E-state index contributed by atoms with van der Waals surface area (Å²) in [5.41, 5.74) is 2.57. The molecule has 0 heterocycles. The van der Waals surface area contributed by atoms with E-state index in [1.807, 2.05) is 37.3 Å². The van der Waals surface area contributed by atoms with Gasteiger partial charge in [0.15, 0.2) is 0 Å². The minimum absolute atomic E-state index is 0.121. The molecule has 2 rings (SSSR count). The summed E-state index contributed by atoms with van der Waals surface area (Å²) >= 11 is 2.15. The molecule has 0 spiro atoms. The maximum Gasteiger partial charge on any atom is 0.255 e. The largest absolute Gasteiger partial charge is 0.496 e. The van der Waals surface area contributed by atoms with Gasteiger partial charge in [0.1, 0.15) is 5.75 Å². The van der Waals surface area contributed by atoms with E-state index in [4.69, 9.17) is 4.74 Å². The summed E-state index contributed by atoms with van der Waals surface area (Å²) in [5.74, 6) is 0.650. The Bertz CT molecular complexity index is 594. The van der Waals surface area contributed by atoms with Gasteiger partial charge >= 0.3 is 0 Å². The van der Waals surface area contributed by atoms with Gasteiger partial charge in [-0.25, -0.2) is 0 Å². The van der Waals surface area contributed by atoms with E-state index in [2.05, 4.69) is 27.9 Å². The quantitative estimate of drug-likeness (QED) is 0.837. The summed E-state index contributed by atoms with van der Waals surface area (Å²) in [4.78, 5) is 12.1. The number of hydrogen-bond acceptors (Lipinski definition) is 2. The molecule has 0 unspecified atom stereocenters. The van der Waals surface area contributed by atoms with Gasteiger partial charge in [-0.1, -0.05) is 17.7 Å². The summed E-state index contributed by atoms with van der Waals surface area (Å²) in [5, 5.41) is 2.87. The Kier molecular flexibility index (Phi) is 4.42. The fraction of sp³-hybridized carbons (Fsp3) is 0.133. The Hall–Kier alpha value is -1.56. The lowest BCUT2D eigenvalue weighted by atomic mass is 10.2. The lowest BCUT2D eigenvalue weighted by Gasteiger charge is -2.08. The van der Waals surface area contributed by atoms with Crippen LogP contribution in [-0.4, -0.2) is 13.0 Å². The van der Waals surface area contributed by atoms with Crippen LogP contribution in [0.1, 0.15) is 15.9 Å². The molecule has 1 amide bonds. The van der Waals surface area contributed by atoms with E-state index in [0.29, 0.717) is 5.56 Å². The number of halogens is 1. The zero-order valence-electron chi connectivity index (χ0n) is 10.7. The molecule has 0 aliphatic heterocycles. The highest BCUT2D eigenvalue weighted by Gasteiger charge is 2.09. The van der Waals surface area contributed by atoms with E-state index < -0.39 is 0 Å². The summed E-state index contributed by atoms with van der Waals surface area (Å²) in [6, 6.07) is 13.1. The number of carbonyl (C=O) groups is 1. The first-order valence-corrected chi connectivity index (χ1v) is 6.89. The monoisotopic (exact) mass is 367 g/mol. The van der Waals surface area contributed by atoms with Crippen molar-refractivity contribution in [1.82, 2.24) is 0 Å². The Labute approximate surface area is 126 Å². The van der Waals surface area contributed by atoms with Gasteiger partial charge in [0.2, 0.25) is 0 Å². The van der Waals surface area contributed by atoms with Crippen molar-refractivity contribution in [2.75, 3.05) is 12.4 Å². The van der Waals surface area contributed by atoms with Gasteiger partial charge in [-0.05, 0) is 59.8 Å². The zero-order chi connectivity index (χ0) is 13.8. The number of rotatable bonds is 3. The molecule has 2 aromatic rings. The minimum Gasteiger partial charge on any atom is -0.496 e. The third-order valence-corrected chi connectivity index (χ3v) is 3.57. The van der Waals surface area contributed by atoms with Crippen molar-refractivity contribution in [3.8, 4) is 5.75 Å². The molecule has 98 valence electrons. The Morgan fingerprint density at radius 1 is 1.16 bits per heavy atom. The number of anilines is 1. The normalized spacial score (nSPS) is 10.1. The molecule has 0 saturated carbocycles. The molecule has 0 aliphatic carbocycles.